The third-order valence-corrected chi connectivity index (χ3v) is 3.81. The Morgan fingerprint density at radius 2 is 1.62 bits per heavy atom. The third-order valence-electron chi connectivity index (χ3n) is 3.81. The molecule has 3 aromatic rings. The molecule has 0 saturated heterocycles. The molecule has 0 saturated carbocycles. The Bertz CT molecular complexity index is 938. The summed E-state index contributed by atoms with van der Waals surface area (Å²) >= 11 is 0. The van der Waals surface area contributed by atoms with Gasteiger partial charge >= 0.3 is 5.97 Å². The molecule has 0 aliphatic heterocycles. The Labute approximate surface area is 150 Å². The fourth-order valence-electron chi connectivity index (χ4n) is 2.49. The summed E-state index contributed by atoms with van der Waals surface area (Å²) in [5.41, 5.74) is 2.05. The van der Waals surface area contributed by atoms with Gasteiger partial charge in [0.15, 0.2) is 6.10 Å². The van der Waals surface area contributed by atoms with Gasteiger partial charge in [-0.15, -0.1) is 0 Å². The summed E-state index contributed by atoms with van der Waals surface area (Å²) in [6, 6.07) is 11.6. The molecule has 0 unspecified atom stereocenters. The van der Waals surface area contributed by atoms with Crippen LogP contribution in [-0.4, -0.2) is 34.4 Å². The van der Waals surface area contributed by atoms with E-state index in [1.807, 2.05) is 6.92 Å². The first kappa shape index (κ1) is 17.5. The lowest BCUT2D eigenvalue weighted by atomic mass is 10.1. The van der Waals surface area contributed by atoms with Crippen LogP contribution < -0.4 is 4.74 Å². The minimum Gasteiger partial charge on any atom is -0.494 e. The second-order valence-electron chi connectivity index (χ2n) is 5.63. The second-order valence-corrected chi connectivity index (χ2v) is 5.63. The van der Waals surface area contributed by atoms with E-state index in [1.54, 1.807) is 61.8 Å². The van der Waals surface area contributed by atoms with E-state index in [4.69, 9.17) is 9.47 Å². The lowest BCUT2D eigenvalue weighted by molar-refractivity contribution is 0.0319. The van der Waals surface area contributed by atoms with E-state index < -0.39 is 12.1 Å². The van der Waals surface area contributed by atoms with Crippen molar-refractivity contribution in [2.75, 3.05) is 6.61 Å². The molecular formula is C20H18N2O4. The molecule has 0 bridgehead atoms. The molecule has 0 fully saturated rings. The normalized spacial score (nSPS) is 11.8. The first-order valence-electron chi connectivity index (χ1n) is 8.27. The zero-order valence-corrected chi connectivity index (χ0v) is 14.5. The molecule has 0 aliphatic carbocycles. The van der Waals surface area contributed by atoms with Gasteiger partial charge in [-0.3, -0.25) is 14.8 Å². The Hall–Kier alpha value is -3.28. The van der Waals surface area contributed by atoms with Crippen molar-refractivity contribution in [3.05, 3.63) is 66.0 Å². The van der Waals surface area contributed by atoms with Gasteiger partial charge in [0.05, 0.1) is 23.2 Å². The molecule has 3 rings (SSSR count). The first-order valence-corrected chi connectivity index (χ1v) is 8.27. The summed E-state index contributed by atoms with van der Waals surface area (Å²) in [6.45, 7) is 3.99. The van der Waals surface area contributed by atoms with Crippen LogP contribution in [0.4, 0.5) is 0 Å². The van der Waals surface area contributed by atoms with Gasteiger partial charge < -0.3 is 9.47 Å². The number of carbonyl (C=O) groups excluding carboxylic acids is 2. The second kappa shape index (κ2) is 7.74. The van der Waals surface area contributed by atoms with E-state index in [9.17, 15) is 9.59 Å². The fourth-order valence-corrected chi connectivity index (χ4v) is 2.49. The molecule has 0 radical (unpaired) electrons. The largest absolute Gasteiger partial charge is 0.494 e. The number of hydrogen-bond donors (Lipinski definition) is 0. The summed E-state index contributed by atoms with van der Waals surface area (Å²) in [5.74, 6) is -0.169. The highest BCUT2D eigenvalue weighted by atomic mass is 16.5. The van der Waals surface area contributed by atoms with Crippen LogP contribution in [0.25, 0.3) is 11.0 Å². The smallest absolute Gasteiger partial charge is 0.338 e. The van der Waals surface area contributed by atoms with Crippen LogP contribution in [-0.2, 0) is 4.74 Å². The summed E-state index contributed by atoms with van der Waals surface area (Å²) < 4.78 is 10.7. The van der Waals surface area contributed by atoms with Crippen LogP contribution in [0.3, 0.4) is 0 Å². The van der Waals surface area contributed by atoms with Gasteiger partial charge in [0.25, 0.3) is 0 Å². The van der Waals surface area contributed by atoms with Crippen molar-refractivity contribution in [3.63, 3.8) is 0 Å². The van der Waals surface area contributed by atoms with Gasteiger partial charge in [-0.25, -0.2) is 4.79 Å². The summed E-state index contributed by atoms with van der Waals surface area (Å²) in [5, 5.41) is 0. The van der Waals surface area contributed by atoms with E-state index in [0.717, 1.165) is 0 Å². The van der Waals surface area contributed by atoms with Crippen LogP contribution in [0.5, 0.6) is 5.75 Å². The number of benzene rings is 2. The lowest BCUT2D eigenvalue weighted by Crippen LogP contribution is -2.24. The van der Waals surface area contributed by atoms with Crippen LogP contribution in [0, 0.1) is 0 Å². The van der Waals surface area contributed by atoms with Crippen molar-refractivity contribution >= 4 is 22.8 Å². The van der Waals surface area contributed by atoms with Crippen LogP contribution in [0.2, 0.25) is 0 Å². The Morgan fingerprint density at radius 1 is 0.962 bits per heavy atom. The number of hydrogen-bond acceptors (Lipinski definition) is 6. The standard InChI is InChI=1S/C20H18N2O4/c1-3-25-16-7-4-14(5-8-16)19(23)13(2)26-20(24)15-6-9-17-18(12-15)22-11-10-21-17/h4-13H,3H2,1-2H3/t13-/m0/s1. The van der Waals surface area contributed by atoms with Gasteiger partial charge in [-0.1, -0.05) is 0 Å². The Morgan fingerprint density at radius 3 is 2.31 bits per heavy atom. The van der Waals surface area contributed by atoms with Gasteiger partial charge in [0, 0.05) is 18.0 Å². The maximum atomic E-state index is 12.5. The fraction of sp³-hybridized carbons (Fsp3) is 0.200. The van der Waals surface area contributed by atoms with Crippen LogP contribution >= 0.6 is 0 Å². The maximum absolute atomic E-state index is 12.5. The lowest BCUT2D eigenvalue weighted by Gasteiger charge is -2.13. The van der Waals surface area contributed by atoms with E-state index in [-0.39, 0.29) is 5.78 Å². The summed E-state index contributed by atoms with van der Waals surface area (Å²) in [6.07, 6.45) is 2.23. The highest BCUT2D eigenvalue weighted by Gasteiger charge is 2.20. The van der Waals surface area contributed by atoms with Crippen LogP contribution in [0.15, 0.2) is 54.9 Å². The molecule has 6 heteroatoms. The molecule has 132 valence electrons. The summed E-state index contributed by atoms with van der Waals surface area (Å²) in [7, 11) is 0. The topological polar surface area (TPSA) is 78.4 Å². The predicted octanol–water partition coefficient (Wildman–Crippen LogP) is 3.46. The average Bonchev–Trinajstić information content (AvgIpc) is 2.67. The van der Waals surface area contributed by atoms with Gasteiger partial charge in [-0.2, -0.15) is 0 Å². The van der Waals surface area contributed by atoms with Crippen molar-refractivity contribution in [3.8, 4) is 5.75 Å². The van der Waals surface area contributed by atoms with Crippen molar-refractivity contribution in [2.45, 2.75) is 20.0 Å². The van der Waals surface area contributed by atoms with Gasteiger partial charge in [0.1, 0.15) is 5.75 Å². The maximum Gasteiger partial charge on any atom is 0.338 e. The van der Waals surface area contributed by atoms with Crippen molar-refractivity contribution < 1.29 is 19.1 Å². The molecule has 0 amide bonds. The van der Waals surface area contributed by atoms with E-state index in [0.29, 0.717) is 34.5 Å². The molecule has 0 aliphatic rings. The number of Topliss-reactive ketones (excluding diaryl/α,β-unsaturated/α-hetero) is 1. The minimum atomic E-state index is -0.905. The van der Waals surface area contributed by atoms with Crippen LogP contribution in [0.1, 0.15) is 34.6 Å². The number of nitrogens with zero attached hydrogens (tertiary/aromatic N) is 2. The van der Waals surface area contributed by atoms with Crippen molar-refractivity contribution in [1.29, 1.82) is 0 Å². The average molecular weight is 350 g/mol. The number of esters is 1. The third kappa shape index (κ3) is 3.85. The van der Waals surface area contributed by atoms with Crippen molar-refractivity contribution in [2.24, 2.45) is 0 Å². The number of rotatable bonds is 6. The van der Waals surface area contributed by atoms with Gasteiger partial charge in [-0.05, 0) is 56.3 Å². The number of aromatic nitrogens is 2. The number of ketones is 1. The molecule has 2 aromatic carbocycles. The number of fused-ring (bicyclic) bond motifs is 1. The van der Waals surface area contributed by atoms with E-state index in [2.05, 4.69) is 9.97 Å². The quantitative estimate of drug-likeness (QED) is 0.500. The molecule has 6 nitrogen and oxygen atoms in total. The highest BCUT2D eigenvalue weighted by Crippen LogP contribution is 2.16. The molecule has 0 spiro atoms. The number of ether oxygens (including phenoxy) is 2. The molecule has 26 heavy (non-hydrogen) atoms. The van der Waals surface area contributed by atoms with Gasteiger partial charge in [0.2, 0.25) is 5.78 Å². The minimum absolute atomic E-state index is 0.276. The molecule has 0 N–H and O–H groups in total. The SMILES string of the molecule is CCOc1ccc(C(=O)[C@H](C)OC(=O)c2ccc3nccnc3c2)cc1. The van der Waals surface area contributed by atoms with E-state index in [1.165, 1.54) is 0 Å². The monoisotopic (exact) mass is 350 g/mol. The molecule has 1 heterocycles. The number of carbonyl (C=O) groups is 2. The Balaban J connectivity index is 1.70. The zero-order valence-electron chi connectivity index (χ0n) is 14.5. The highest BCUT2D eigenvalue weighted by molar-refractivity contribution is 6.02. The molecule has 1 aromatic heterocycles. The Kier molecular flexibility index (Phi) is 5.22. The predicted molar refractivity (Wildman–Crippen MR) is 96.4 cm³/mol. The zero-order chi connectivity index (χ0) is 18.5. The first-order chi connectivity index (χ1) is 12.6. The summed E-state index contributed by atoms with van der Waals surface area (Å²) in [4.78, 5) is 33.1. The molecular weight excluding hydrogens is 332 g/mol. The van der Waals surface area contributed by atoms with E-state index >= 15 is 0 Å². The van der Waals surface area contributed by atoms with Crippen molar-refractivity contribution in [1.82, 2.24) is 9.97 Å². The molecule has 1 atom stereocenters.